The summed E-state index contributed by atoms with van der Waals surface area (Å²) in [6.07, 6.45) is 2.45. The Kier molecular flexibility index (Phi) is 4.79. The maximum Gasteiger partial charge on any atom is 0.300 e. The number of carboxylic acid groups (broad SMARTS) is 1. The lowest BCUT2D eigenvalue weighted by molar-refractivity contribution is -0.137. The normalized spacial score (nSPS) is 21.5. The van der Waals surface area contributed by atoms with Crippen LogP contribution in [-0.4, -0.2) is 27.9 Å². The van der Waals surface area contributed by atoms with E-state index in [0.29, 0.717) is 18.7 Å². The summed E-state index contributed by atoms with van der Waals surface area (Å²) < 4.78 is 0. The molecule has 2 heterocycles. The molecule has 1 aliphatic rings. The zero-order chi connectivity index (χ0) is 15.3. The minimum absolute atomic E-state index is 0.217. The molecule has 2 amide bonds. The topological polar surface area (TPSA) is 122 Å². The predicted octanol–water partition coefficient (Wildman–Crippen LogP) is 0.449. The molecule has 7 heteroatoms. The van der Waals surface area contributed by atoms with E-state index in [1.807, 2.05) is 6.92 Å². The SMILES string of the molecule is CC(=O)O.CC1(c2ccc(N)nc2)CCC(=O)NC1=O. The summed E-state index contributed by atoms with van der Waals surface area (Å²) in [7, 11) is 0. The number of carbonyl (C=O) groups is 3. The van der Waals surface area contributed by atoms with Crippen LogP contribution in [0.15, 0.2) is 18.3 Å². The maximum absolute atomic E-state index is 11.8. The third kappa shape index (κ3) is 3.78. The summed E-state index contributed by atoms with van der Waals surface area (Å²) in [4.78, 5) is 35.9. The van der Waals surface area contributed by atoms with Crippen LogP contribution in [0.3, 0.4) is 0 Å². The van der Waals surface area contributed by atoms with Crippen molar-refractivity contribution >= 4 is 23.6 Å². The van der Waals surface area contributed by atoms with E-state index in [0.717, 1.165) is 12.5 Å². The van der Waals surface area contributed by atoms with Gasteiger partial charge in [-0.3, -0.25) is 19.7 Å². The molecule has 108 valence electrons. The maximum atomic E-state index is 11.8. The molecule has 0 radical (unpaired) electrons. The molecule has 1 aromatic rings. The molecule has 7 nitrogen and oxygen atoms in total. The number of nitrogens with two attached hydrogens (primary N) is 1. The van der Waals surface area contributed by atoms with Crippen LogP contribution in [0.2, 0.25) is 0 Å². The Labute approximate surface area is 116 Å². The van der Waals surface area contributed by atoms with Crippen LogP contribution < -0.4 is 11.1 Å². The fraction of sp³-hybridized carbons (Fsp3) is 0.385. The van der Waals surface area contributed by atoms with Crippen LogP contribution in [0, 0.1) is 0 Å². The molecule has 1 aromatic heterocycles. The summed E-state index contributed by atoms with van der Waals surface area (Å²) in [5.41, 5.74) is 5.59. The van der Waals surface area contributed by atoms with E-state index in [2.05, 4.69) is 10.3 Å². The van der Waals surface area contributed by atoms with Gasteiger partial charge in [0.15, 0.2) is 0 Å². The zero-order valence-corrected chi connectivity index (χ0v) is 11.3. The number of carboxylic acids is 1. The second-order valence-electron chi connectivity index (χ2n) is 4.70. The first-order chi connectivity index (χ1) is 9.25. The van der Waals surface area contributed by atoms with Gasteiger partial charge in [-0.05, 0) is 25.0 Å². The summed E-state index contributed by atoms with van der Waals surface area (Å²) in [6.45, 7) is 2.89. The minimum atomic E-state index is -0.833. The van der Waals surface area contributed by atoms with Gasteiger partial charge in [0.25, 0.3) is 5.97 Å². The van der Waals surface area contributed by atoms with Crippen molar-refractivity contribution in [1.29, 1.82) is 0 Å². The molecule has 1 atom stereocenters. The Morgan fingerprint density at radius 2 is 2.05 bits per heavy atom. The number of anilines is 1. The Morgan fingerprint density at radius 3 is 2.50 bits per heavy atom. The average Bonchev–Trinajstić information content (AvgIpc) is 2.34. The zero-order valence-electron chi connectivity index (χ0n) is 11.3. The van der Waals surface area contributed by atoms with Crippen molar-refractivity contribution in [3.8, 4) is 0 Å². The number of nitrogen functional groups attached to an aromatic ring is 1. The van der Waals surface area contributed by atoms with Gasteiger partial charge in [0.2, 0.25) is 11.8 Å². The van der Waals surface area contributed by atoms with Gasteiger partial charge in [-0.2, -0.15) is 0 Å². The highest BCUT2D eigenvalue weighted by molar-refractivity contribution is 6.03. The van der Waals surface area contributed by atoms with Crippen molar-refractivity contribution in [2.24, 2.45) is 0 Å². The molecule has 4 N–H and O–H groups in total. The van der Waals surface area contributed by atoms with Gasteiger partial charge < -0.3 is 10.8 Å². The number of pyridine rings is 1. The fourth-order valence-corrected chi connectivity index (χ4v) is 1.81. The Balaban J connectivity index is 0.000000444. The Hall–Kier alpha value is -2.44. The second-order valence-corrected chi connectivity index (χ2v) is 4.70. The van der Waals surface area contributed by atoms with E-state index in [9.17, 15) is 9.59 Å². The smallest absolute Gasteiger partial charge is 0.300 e. The van der Waals surface area contributed by atoms with Gasteiger partial charge in [-0.1, -0.05) is 6.07 Å². The monoisotopic (exact) mass is 279 g/mol. The number of rotatable bonds is 1. The summed E-state index contributed by atoms with van der Waals surface area (Å²) in [5.74, 6) is -0.902. The van der Waals surface area contributed by atoms with E-state index in [4.69, 9.17) is 15.6 Å². The number of piperidine rings is 1. The summed E-state index contributed by atoms with van der Waals surface area (Å²) in [6, 6.07) is 3.43. The van der Waals surface area contributed by atoms with E-state index < -0.39 is 11.4 Å². The highest BCUT2D eigenvalue weighted by Gasteiger charge is 2.40. The molecule has 0 spiro atoms. The number of hydrogen-bond donors (Lipinski definition) is 3. The lowest BCUT2D eigenvalue weighted by atomic mass is 9.76. The van der Waals surface area contributed by atoms with Gasteiger partial charge in [-0.15, -0.1) is 0 Å². The van der Waals surface area contributed by atoms with Crippen LogP contribution in [0.1, 0.15) is 32.3 Å². The molecule has 0 bridgehead atoms. The van der Waals surface area contributed by atoms with Crippen LogP contribution in [0.4, 0.5) is 5.82 Å². The van der Waals surface area contributed by atoms with Crippen molar-refractivity contribution in [3.63, 3.8) is 0 Å². The van der Waals surface area contributed by atoms with Crippen molar-refractivity contribution in [2.75, 3.05) is 5.73 Å². The molecular weight excluding hydrogens is 262 g/mol. The van der Waals surface area contributed by atoms with Crippen molar-refractivity contribution in [2.45, 2.75) is 32.1 Å². The number of hydrogen-bond acceptors (Lipinski definition) is 5. The highest BCUT2D eigenvalue weighted by atomic mass is 16.4. The lowest BCUT2D eigenvalue weighted by Gasteiger charge is -2.31. The van der Waals surface area contributed by atoms with Gasteiger partial charge >= 0.3 is 0 Å². The molecule has 0 aromatic carbocycles. The third-order valence-electron chi connectivity index (χ3n) is 3.03. The standard InChI is InChI=1S/C11H13N3O2.C2H4O2/c1-11(5-4-9(15)14-10(11)16)7-2-3-8(12)13-6-7;1-2(3)4/h2-3,6H,4-5H2,1H3,(H2,12,13)(H,14,15,16);1H3,(H,3,4). The quantitative estimate of drug-likeness (QED) is 0.641. The van der Waals surface area contributed by atoms with Crippen molar-refractivity contribution < 1.29 is 19.5 Å². The highest BCUT2D eigenvalue weighted by Crippen LogP contribution is 2.31. The van der Waals surface area contributed by atoms with E-state index in [1.165, 1.54) is 0 Å². The molecule has 0 saturated carbocycles. The number of aromatic nitrogens is 1. The fourth-order valence-electron chi connectivity index (χ4n) is 1.81. The number of aliphatic carboxylic acids is 1. The lowest BCUT2D eigenvalue weighted by Crippen LogP contribution is -2.49. The number of nitrogens with one attached hydrogen (secondary N) is 1. The molecule has 1 saturated heterocycles. The van der Waals surface area contributed by atoms with Crippen molar-refractivity contribution in [1.82, 2.24) is 10.3 Å². The van der Waals surface area contributed by atoms with Crippen LogP contribution in [0.25, 0.3) is 0 Å². The molecule has 0 aliphatic carbocycles. The number of amides is 2. The number of imide groups is 1. The van der Waals surface area contributed by atoms with Crippen molar-refractivity contribution in [3.05, 3.63) is 23.9 Å². The molecular formula is C13H17N3O4. The number of carbonyl (C=O) groups excluding carboxylic acids is 2. The molecule has 1 unspecified atom stereocenters. The van der Waals surface area contributed by atoms with E-state index in [-0.39, 0.29) is 11.8 Å². The number of nitrogens with zero attached hydrogens (tertiary/aromatic N) is 1. The molecule has 1 fully saturated rings. The Bertz CT molecular complexity index is 523. The first kappa shape index (κ1) is 15.6. The molecule has 2 rings (SSSR count). The predicted molar refractivity (Wildman–Crippen MR) is 71.7 cm³/mol. The van der Waals surface area contributed by atoms with Gasteiger partial charge in [-0.25, -0.2) is 4.98 Å². The summed E-state index contributed by atoms with van der Waals surface area (Å²) in [5, 5.41) is 9.76. The van der Waals surface area contributed by atoms with Gasteiger partial charge in [0.1, 0.15) is 5.82 Å². The van der Waals surface area contributed by atoms with Gasteiger partial charge in [0.05, 0.1) is 5.41 Å². The largest absolute Gasteiger partial charge is 0.481 e. The minimum Gasteiger partial charge on any atom is -0.481 e. The van der Waals surface area contributed by atoms with Gasteiger partial charge in [0, 0.05) is 19.5 Å². The molecule has 20 heavy (non-hydrogen) atoms. The first-order valence-corrected chi connectivity index (χ1v) is 6.01. The third-order valence-corrected chi connectivity index (χ3v) is 3.03. The van der Waals surface area contributed by atoms with Crippen LogP contribution >= 0.6 is 0 Å². The van der Waals surface area contributed by atoms with Crippen LogP contribution in [-0.2, 0) is 19.8 Å². The first-order valence-electron chi connectivity index (χ1n) is 6.01. The Morgan fingerprint density at radius 1 is 1.45 bits per heavy atom. The van der Waals surface area contributed by atoms with Crippen LogP contribution in [0.5, 0.6) is 0 Å². The second kappa shape index (κ2) is 6.14. The van der Waals surface area contributed by atoms with E-state index in [1.54, 1.807) is 18.3 Å². The average molecular weight is 279 g/mol. The molecule has 1 aliphatic heterocycles. The summed E-state index contributed by atoms with van der Waals surface area (Å²) >= 11 is 0. The van der Waals surface area contributed by atoms with E-state index >= 15 is 0 Å².